The Labute approximate surface area is 166 Å². The summed E-state index contributed by atoms with van der Waals surface area (Å²) in [5, 5.41) is 8.63. The monoisotopic (exact) mass is 378 g/mol. The quantitative estimate of drug-likeness (QED) is 0.193. The molecule has 130 valence electrons. The fourth-order valence-electron chi connectivity index (χ4n) is 2.84. The van der Waals surface area contributed by atoms with Crippen LogP contribution < -0.4 is 29.6 Å². The van der Waals surface area contributed by atoms with E-state index in [9.17, 15) is 17.8 Å². The number of carbonyl (C=O) groups excluding carboxylic acids is 1. The molecule has 0 spiro atoms. The molecule has 1 aromatic rings. The van der Waals surface area contributed by atoms with Gasteiger partial charge in [0.15, 0.2) is 0 Å². The van der Waals surface area contributed by atoms with Gasteiger partial charge in [-0.15, -0.1) is 0 Å². The molecule has 0 saturated carbocycles. The van der Waals surface area contributed by atoms with Gasteiger partial charge in [-0.2, -0.15) is 9.35 Å². The standard InChI is InChI=1S/C13H16N4O6S.Na/c14-12(22-8-9-3-5-15-6-4-9)11-2-1-10-7-16(11)13(18)17(10)23-24(19,20)21;/h3-6,10-11,14H,1-2,7-8H2,(H,19,20,21);/q;+1/p-1/t10-,11+;/m1./s1. The van der Waals surface area contributed by atoms with Crippen LogP contribution in [0.25, 0.3) is 0 Å². The van der Waals surface area contributed by atoms with E-state index in [4.69, 9.17) is 10.1 Å². The van der Waals surface area contributed by atoms with Crippen LogP contribution in [0.1, 0.15) is 18.4 Å². The maximum atomic E-state index is 12.2. The van der Waals surface area contributed by atoms with E-state index in [2.05, 4.69) is 9.27 Å². The molecular formula is C13H15N4NaO6S. The zero-order valence-electron chi connectivity index (χ0n) is 13.5. The van der Waals surface area contributed by atoms with Crippen LogP contribution in [-0.2, 0) is 26.0 Å². The number of aromatic nitrogens is 1. The predicted octanol–water partition coefficient (Wildman–Crippen LogP) is -2.76. The topological polar surface area (TPSA) is 136 Å². The first kappa shape index (κ1) is 20.1. The summed E-state index contributed by atoms with van der Waals surface area (Å²) in [4.78, 5) is 17.4. The van der Waals surface area contributed by atoms with Crippen LogP contribution in [0.4, 0.5) is 4.79 Å². The second kappa shape index (κ2) is 7.98. The summed E-state index contributed by atoms with van der Waals surface area (Å²) >= 11 is 0. The summed E-state index contributed by atoms with van der Waals surface area (Å²) in [5.74, 6) is -0.0922. The van der Waals surface area contributed by atoms with E-state index < -0.39 is 28.5 Å². The van der Waals surface area contributed by atoms with E-state index in [0.717, 1.165) is 5.56 Å². The molecule has 1 aromatic heterocycles. The number of carbonyl (C=O) groups is 1. The van der Waals surface area contributed by atoms with Gasteiger partial charge < -0.3 is 14.2 Å². The zero-order valence-corrected chi connectivity index (χ0v) is 16.3. The number of amides is 2. The van der Waals surface area contributed by atoms with Crippen molar-refractivity contribution in [3.8, 4) is 0 Å². The van der Waals surface area contributed by atoms with Gasteiger partial charge in [0, 0.05) is 18.9 Å². The van der Waals surface area contributed by atoms with Gasteiger partial charge in [-0.1, -0.05) is 0 Å². The van der Waals surface area contributed by atoms with Gasteiger partial charge in [0.1, 0.15) is 12.6 Å². The Balaban J connectivity index is 0.00000225. The Kier molecular flexibility index (Phi) is 6.40. The zero-order chi connectivity index (χ0) is 17.3. The molecular weight excluding hydrogens is 363 g/mol. The van der Waals surface area contributed by atoms with Crippen molar-refractivity contribution < 1.29 is 56.3 Å². The average molecular weight is 378 g/mol. The van der Waals surface area contributed by atoms with E-state index in [1.165, 1.54) is 4.90 Å². The number of nitrogens with one attached hydrogen (secondary N) is 1. The van der Waals surface area contributed by atoms with Crippen LogP contribution in [0.5, 0.6) is 0 Å². The predicted molar refractivity (Wildman–Crippen MR) is 78.3 cm³/mol. The summed E-state index contributed by atoms with van der Waals surface area (Å²) in [7, 11) is -5.03. The SMILES string of the molecule is N=C(OCc1ccncc1)[C@@H]1CC[C@@H]2CN1C(=O)N2OS(=O)(=O)[O-].[Na+]. The number of nitrogens with zero attached hydrogens (tertiary/aromatic N) is 3. The maximum absolute atomic E-state index is 12.2. The molecule has 3 heterocycles. The number of pyridine rings is 1. The Hall–Kier alpha value is -1.24. The van der Waals surface area contributed by atoms with Crippen molar-refractivity contribution in [2.75, 3.05) is 6.54 Å². The van der Waals surface area contributed by atoms with Crippen LogP contribution in [-0.4, -0.2) is 58.5 Å². The fourth-order valence-corrected chi connectivity index (χ4v) is 3.22. The van der Waals surface area contributed by atoms with Crippen LogP contribution in [0.2, 0.25) is 0 Å². The van der Waals surface area contributed by atoms with Crippen molar-refractivity contribution in [1.82, 2.24) is 14.9 Å². The molecule has 2 aliphatic heterocycles. The van der Waals surface area contributed by atoms with Crippen molar-refractivity contribution in [1.29, 1.82) is 5.41 Å². The molecule has 12 heteroatoms. The van der Waals surface area contributed by atoms with E-state index in [-0.39, 0.29) is 48.6 Å². The van der Waals surface area contributed by atoms with Gasteiger partial charge in [0.2, 0.25) is 16.3 Å². The molecule has 3 rings (SSSR count). The molecule has 1 N–H and O–H groups in total. The first-order chi connectivity index (χ1) is 11.3. The van der Waals surface area contributed by atoms with Gasteiger partial charge in [0.25, 0.3) is 0 Å². The minimum Gasteiger partial charge on any atom is -0.724 e. The van der Waals surface area contributed by atoms with Crippen LogP contribution in [0.15, 0.2) is 24.5 Å². The largest absolute Gasteiger partial charge is 1.00 e. The number of ether oxygens (including phenoxy) is 1. The van der Waals surface area contributed by atoms with Crippen LogP contribution >= 0.6 is 0 Å². The summed E-state index contributed by atoms with van der Waals surface area (Å²) in [5.41, 5.74) is 0.832. The van der Waals surface area contributed by atoms with Crippen molar-refractivity contribution in [3.05, 3.63) is 30.1 Å². The first-order valence-corrected chi connectivity index (χ1v) is 8.54. The third kappa shape index (κ3) is 4.68. The van der Waals surface area contributed by atoms with Crippen LogP contribution in [0.3, 0.4) is 0 Å². The average Bonchev–Trinajstić information content (AvgIpc) is 2.77. The Morgan fingerprint density at radius 3 is 2.68 bits per heavy atom. The second-order valence-corrected chi connectivity index (χ2v) is 6.46. The Morgan fingerprint density at radius 1 is 1.36 bits per heavy atom. The number of hydrogen-bond acceptors (Lipinski definition) is 8. The third-order valence-corrected chi connectivity index (χ3v) is 4.28. The number of fused-ring (bicyclic) bond motifs is 2. The third-order valence-electron chi connectivity index (χ3n) is 3.94. The molecule has 2 aliphatic rings. The van der Waals surface area contributed by atoms with Gasteiger partial charge in [-0.05, 0) is 30.5 Å². The normalized spacial score (nSPS) is 22.5. The summed E-state index contributed by atoms with van der Waals surface area (Å²) in [6, 6.07) is 1.61. The molecule has 0 aromatic carbocycles. The molecule has 25 heavy (non-hydrogen) atoms. The van der Waals surface area contributed by atoms with Crippen LogP contribution in [0, 0.1) is 5.41 Å². The molecule has 0 unspecified atom stereocenters. The first-order valence-electron chi connectivity index (χ1n) is 7.20. The fraction of sp³-hybridized carbons (Fsp3) is 0.462. The number of hydrogen-bond donors (Lipinski definition) is 1. The molecule has 2 bridgehead atoms. The summed E-state index contributed by atoms with van der Waals surface area (Å²) < 4.78 is 41.8. The molecule has 0 aliphatic carbocycles. The molecule has 0 radical (unpaired) electrons. The Morgan fingerprint density at radius 2 is 2.04 bits per heavy atom. The minimum absolute atomic E-state index is 0. The van der Waals surface area contributed by atoms with Gasteiger partial charge in [-0.25, -0.2) is 13.2 Å². The summed E-state index contributed by atoms with van der Waals surface area (Å²) in [6.07, 6.45) is 4.04. The van der Waals surface area contributed by atoms with Gasteiger partial charge >= 0.3 is 35.6 Å². The smallest absolute Gasteiger partial charge is 0.724 e. The molecule has 10 nitrogen and oxygen atoms in total. The van der Waals surface area contributed by atoms with Gasteiger partial charge in [0.05, 0.1) is 6.04 Å². The van der Waals surface area contributed by atoms with Gasteiger partial charge in [-0.3, -0.25) is 10.4 Å². The minimum atomic E-state index is -5.03. The van der Waals surface area contributed by atoms with Crippen molar-refractivity contribution in [2.24, 2.45) is 0 Å². The molecule has 2 amide bonds. The second-order valence-electron chi connectivity index (χ2n) is 5.50. The molecule has 2 saturated heterocycles. The van der Waals surface area contributed by atoms with E-state index >= 15 is 0 Å². The maximum Gasteiger partial charge on any atom is 1.00 e. The van der Waals surface area contributed by atoms with E-state index in [0.29, 0.717) is 17.9 Å². The molecule has 2 fully saturated rings. The number of piperidine rings is 1. The molecule has 2 atom stereocenters. The number of hydroxylamine groups is 2. The van der Waals surface area contributed by atoms with E-state index in [1.54, 1.807) is 24.5 Å². The van der Waals surface area contributed by atoms with E-state index in [1.807, 2.05) is 0 Å². The van der Waals surface area contributed by atoms with Crippen molar-refractivity contribution in [2.45, 2.75) is 31.5 Å². The number of rotatable bonds is 5. The van der Waals surface area contributed by atoms with Crippen molar-refractivity contribution in [3.63, 3.8) is 0 Å². The van der Waals surface area contributed by atoms with Crippen molar-refractivity contribution >= 4 is 22.3 Å². The summed E-state index contributed by atoms with van der Waals surface area (Å²) in [6.45, 7) is 0.346. The number of urea groups is 1. The Bertz CT molecular complexity index is 746.